The molecule has 1 rings (SSSR count). The van der Waals surface area contributed by atoms with Crippen LogP contribution >= 0.6 is 0 Å². The molecule has 0 fully saturated rings. The van der Waals surface area contributed by atoms with Gasteiger partial charge < -0.3 is 5.11 Å². The van der Waals surface area contributed by atoms with Gasteiger partial charge in [-0.3, -0.25) is 0 Å². The third kappa shape index (κ3) is 3.86. The highest BCUT2D eigenvalue weighted by atomic mass is 16.3. The van der Waals surface area contributed by atoms with Crippen molar-refractivity contribution in [2.45, 2.75) is 39.7 Å². The fraction of sp³-hybridized carbons (Fsp3) is 0.375. The highest BCUT2D eigenvalue weighted by molar-refractivity contribution is 5.50. The van der Waals surface area contributed by atoms with Crippen LogP contribution in [-0.2, 0) is 0 Å². The lowest BCUT2D eigenvalue weighted by Gasteiger charge is -2.19. The molecule has 17 heavy (non-hydrogen) atoms. The molecule has 1 atom stereocenters. The number of rotatable bonds is 4. The zero-order chi connectivity index (χ0) is 13.0. The molecule has 0 saturated carbocycles. The number of aliphatic hydroxyl groups is 1. The second kappa shape index (κ2) is 5.83. The Hall–Kier alpha value is -1.34. The number of hydrogen-bond donors (Lipinski definition) is 1. The van der Waals surface area contributed by atoms with Gasteiger partial charge in [-0.1, -0.05) is 42.5 Å². The summed E-state index contributed by atoms with van der Waals surface area (Å²) in [7, 11) is 0. The summed E-state index contributed by atoms with van der Waals surface area (Å²) < 4.78 is 0. The maximum Gasteiger partial charge on any atom is 0.0767 e. The molecule has 0 aromatic heterocycles. The van der Waals surface area contributed by atoms with Crippen LogP contribution in [0.25, 0.3) is 0 Å². The van der Waals surface area contributed by atoms with E-state index in [1.807, 2.05) is 13.0 Å². The molecule has 0 radical (unpaired) electrons. The molecule has 0 aliphatic heterocycles. The third-order valence-electron chi connectivity index (χ3n) is 2.95. The lowest BCUT2D eigenvalue weighted by molar-refractivity contribution is 0.234. The molecule has 0 bridgehead atoms. The summed E-state index contributed by atoms with van der Waals surface area (Å²) in [6.07, 6.45) is 7.72. The van der Waals surface area contributed by atoms with Gasteiger partial charge in [0.2, 0.25) is 0 Å². The van der Waals surface area contributed by atoms with Crippen molar-refractivity contribution in [3.05, 3.63) is 59.3 Å². The van der Waals surface area contributed by atoms with Gasteiger partial charge in [-0.15, -0.1) is 0 Å². The smallest absolute Gasteiger partial charge is 0.0767 e. The van der Waals surface area contributed by atoms with Crippen LogP contribution in [0, 0.1) is 0 Å². The van der Waals surface area contributed by atoms with Crippen LogP contribution in [-0.4, -0.2) is 11.2 Å². The number of aliphatic hydroxyl groups excluding tert-OH is 1. The topological polar surface area (TPSA) is 20.2 Å². The maximum atomic E-state index is 9.80. The lowest BCUT2D eigenvalue weighted by atomic mass is 9.88. The lowest BCUT2D eigenvalue weighted by Crippen LogP contribution is -2.09. The average Bonchev–Trinajstić information content (AvgIpc) is 2.25. The van der Waals surface area contributed by atoms with Crippen molar-refractivity contribution in [3.8, 4) is 0 Å². The fourth-order valence-corrected chi connectivity index (χ4v) is 1.90. The van der Waals surface area contributed by atoms with Crippen molar-refractivity contribution < 1.29 is 5.11 Å². The van der Waals surface area contributed by atoms with Crippen molar-refractivity contribution in [1.82, 2.24) is 0 Å². The molecule has 0 amide bonds. The molecule has 1 heteroatoms. The molecule has 0 saturated heterocycles. The van der Waals surface area contributed by atoms with E-state index < -0.39 is 6.10 Å². The predicted molar refractivity (Wildman–Crippen MR) is 74.8 cm³/mol. The summed E-state index contributed by atoms with van der Waals surface area (Å²) in [6.45, 7) is 13.8. The monoisotopic (exact) mass is 230 g/mol. The first kappa shape index (κ1) is 13.7. The zero-order valence-corrected chi connectivity index (χ0v) is 11.1. The summed E-state index contributed by atoms with van der Waals surface area (Å²) in [5, 5.41) is 9.80. The van der Waals surface area contributed by atoms with Gasteiger partial charge in [-0.05, 0) is 50.3 Å². The molecule has 0 aromatic carbocycles. The molecular weight excluding hydrogens is 208 g/mol. The van der Waals surface area contributed by atoms with E-state index in [0.29, 0.717) is 0 Å². The minimum Gasteiger partial charge on any atom is -0.389 e. The Kier molecular flexibility index (Phi) is 4.71. The highest BCUT2D eigenvalue weighted by Gasteiger charge is 2.14. The SMILES string of the molecule is C=C(C)/C=C(\C(=C)C1=CC=C(C)CC1)C(C)O. The van der Waals surface area contributed by atoms with Gasteiger partial charge in [0.25, 0.3) is 0 Å². The highest BCUT2D eigenvalue weighted by Crippen LogP contribution is 2.29. The Bertz CT molecular complexity index is 417. The summed E-state index contributed by atoms with van der Waals surface area (Å²) in [5.41, 5.74) is 5.35. The number of allylic oxidation sites excluding steroid dienone is 6. The molecule has 1 unspecified atom stereocenters. The first-order valence-corrected chi connectivity index (χ1v) is 6.03. The fourth-order valence-electron chi connectivity index (χ4n) is 1.90. The molecule has 92 valence electrons. The van der Waals surface area contributed by atoms with Gasteiger partial charge in [0.15, 0.2) is 0 Å². The molecule has 1 aliphatic carbocycles. The second-order valence-electron chi connectivity index (χ2n) is 4.81. The van der Waals surface area contributed by atoms with Gasteiger partial charge in [0, 0.05) is 0 Å². The number of hydrogen-bond acceptors (Lipinski definition) is 1. The second-order valence-corrected chi connectivity index (χ2v) is 4.81. The minimum atomic E-state index is -0.507. The van der Waals surface area contributed by atoms with Gasteiger partial charge in [-0.2, -0.15) is 0 Å². The van der Waals surface area contributed by atoms with E-state index in [-0.39, 0.29) is 0 Å². The average molecular weight is 230 g/mol. The molecule has 0 spiro atoms. The van der Waals surface area contributed by atoms with Gasteiger partial charge in [0.05, 0.1) is 6.10 Å². The van der Waals surface area contributed by atoms with Gasteiger partial charge in [0.1, 0.15) is 0 Å². The van der Waals surface area contributed by atoms with Gasteiger partial charge in [-0.25, -0.2) is 0 Å². The van der Waals surface area contributed by atoms with E-state index in [2.05, 4.69) is 32.2 Å². The van der Waals surface area contributed by atoms with Gasteiger partial charge >= 0.3 is 0 Å². The van der Waals surface area contributed by atoms with Crippen molar-refractivity contribution in [1.29, 1.82) is 0 Å². The molecule has 0 aromatic rings. The first-order valence-electron chi connectivity index (χ1n) is 6.03. The molecule has 0 heterocycles. The zero-order valence-electron chi connectivity index (χ0n) is 11.1. The Morgan fingerprint density at radius 1 is 1.35 bits per heavy atom. The van der Waals surface area contributed by atoms with E-state index in [0.717, 1.165) is 29.6 Å². The molecule has 1 N–H and O–H groups in total. The Morgan fingerprint density at radius 2 is 2.00 bits per heavy atom. The van der Waals surface area contributed by atoms with Crippen molar-refractivity contribution >= 4 is 0 Å². The van der Waals surface area contributed by atoms with Crippen LogP contribution in [0.5, 0.6) is 0 Å². The van der Waals surface area contributed by atoms with E-state index in [1.54, 1.807) is 6.92 Å². The van der Waals surface area contributed by atoms with Crippen molar-refractivity contribution in [3.63, 3.8) is 0 Å². The van der Waals surface area contributed by atoms with Crippen LogP contribution in [0.3, 0.4) is 0 Å². The predicted octanol–water partition coefficient (Wildman–Crippen LogP) is 4.09. The van der Waals surface area contributed by atoms with Crippen LogP contribution in [0.4, 0.5) is 0 Å². The van der Waals surface area contributed by atoms with Crippen LogP contribution in [0.2, 0.25) is 0 Å². The standard InChI is InChI=1S/C16H22O/c1-11(2)10-16(14(5)17)13(4)15-8-6-12(3)7-9-15/h6,8,10,14,17H,1,4,7,9H2,2-3,5H3/b16-10+. The van der Waals surface area contributed by atoms with Crippen LogP contribution in [0.1, 0.15) is 33.6 Å². The van der Waals surface area contributed by atoms with Crippen molar-refractivity contribution in [2.75, 3.05) is 0 Å². The Balaban J connectivity index is 2.98. The Labute approximate surface area is 105 Å². The summed E-state index contributed by atoms with van der Waals surface area (Å²) in [6, 6.07) is 0. The molecule has 1 nitrogen and oxygen atoms in total. The summed E-state index contributed by atoms with van der Waals surface area (Å²) in [5.74, 6) is 0. The van der Waals surface area contributed by atoms with E-state index in [1.165, 1.54) is 11.1 Å². The molecular formula is C16H22O. The van der Waals surface area contributed by atoms with E-state index in [4.69, 9.17) is 0 Å². The van der Waals surface area contributed by atoms with Crippen LogP contribution < -0.4 is 0 Å². The maximum absolute atomic E-state index is 9.80. The largest absolute Gasteiger partial charge is 0.389 e. The molecule has 1 aliphatic rings. The van der Waals surface area contributed by atoms with E-state index in [9.17, 15) is 5.11 Å². The summed E-state index contributed by atoms with van der Waals surface area (Å²) >= 11 is 0. The quantitative estimate of drug-likeness (QED) is 0.721. The van der Waals surface area contributed by atoms with E-state index >= 15 is 0 Å². The minimum absolute atomic E-state index is 0.507. The normalized spacial score (nSPS) is 18.2. The first-order chi connectivity index (χ1) is 7.91. The van der Waals surface area contributed by atoms with Crippen LogP contribution in [0.15, 0.2) is 59.3 Å². The third-order valence-corrected chi connectivity index (χ3v) is 2.95. The summed E-state index contributed by atoms with van der Waals surface area (Å²) in [4.78, 5) is 0. The Morgan fingerprint density at radius 3 is 2.41 bits per heavy atom. The van der Waals surface area contributed by atoms with Crippen molar-refractivity contribution in [2.24, 2.45) is 0 Å².